The zero-order chi connectivity index (χ0) is 12.3. The van der Waals surface area contributed by atoms with Gasteiger partial charge in [-0.2, -0.15) is 0 Å². The lowest BCUT2D eigenvalue weighted by atomic mass is 10.2. The van der Waals surface area contributed by atoms with Crippen LogP contribution in [0.3, 0.4) is 0 Å². The molecule has 0 spiro atoms. The van der Waals surface area contributed by atoms with Crippen LogP contribution in [-0.4, -0.2) is 0 Å². The van der Waals surface area contributed by atoms with Gasteiger partial charge in [-0.3, -0.25) is 0 Å². The van der Waals surface area contributed by atoms with Crippen molar-refractivity contribution in [2.24, 2.45) is 0 Å². The molecule has 17 heavy (non-hydrogen) atoms. The van der Waals surface area contributed by atoms with Crippen LogP contribution in [-0.2, 0) is 5.75 Å². The Hall–Kier alpha value is -0.870. The minimum atomic E-state index is -0.281. The predicted octanol–water partition coefficient (Wildman–Crippen LogP) is 5.02. The number of benzene rings is 2. The van der Waals surface area contributed by atoms with E-state index < -0.39 is 0 Å². The van der Waals surface area contributed by atoms with Gasteiger partial charge in [0.05, 0.1) is 0 Å². The molecule has 0 unspecified atom stereocenters. The van der Waals surface area contributed by atoms with E-state index in [1.807, 2.05) is 0 Å². The third-order valence-corrected chi connectivity index (χ3v) is 4.07. The molecule has 2 aromatic rings. The first-order valence-corrected chi connectivity index (χ1v) is 6.76. The first-order valence-electron chi connectivity index (χ1n) is 4.98. The van der Waals surface area contributed by atoms with E-state index >= 15 is 0 Å². The molecule has 0 aromatic heterocycles. The standard InChI is InChI=1S/C13H9BrF2S/c14-11-7-10(15)6-5-9(11)8-17-13-4-2-1-3-12(13)16/h1-7H,8H2. The molecule has 0 aliphatic carbocycles. The van der Waals surface area contributed by atoms with Gasteiger partial charge in [0.15, 0.2) is 0 Å². The van der Waals surface area contributed by atoms with Crippen LogP contribution in [0, 0.1) is 11.6 Å². The van der Waals surface area contributed by atoms with Crippen molar-refractivity contribution in [1.82, 2.24) is 0 Å². The lowest BCUT2D eigenvalue weighted by Crippen LogP contribution is -1.86. The summed E-state index contributed by atoms with van der Waals surface area (Å²) in [5.74, 6) is 0.0918. The Kier molecular flexibility index (Phi) is 4.18. The van der Waals surface area contributed by atoms with E-state index in [0.717, 1.165) is 5.56 Å². The summed E-state index contributed by atoms with van der Waals surface area (Å²) < 4.78 is 27.0. The van der Waals surface area contributed by atoms with E-state index in [0.29, 0.717) is 15.1 Å². The van der Waals surface area contributed by atoms with Gasteiger partial charge in [-0.05, 0) is 29.8 Å². The fourth-order valence-electron chi connectivity index (χ4n) is 1.36. The van der Waals surface area contributed by atoms with E-state index in [9.17, 15) is 8.78 Å². The first-order chi connectivity index (χ1) is 8.16. The van der Waals surface area contributed by atoms with E-state index in [1.165, 1.54) is 30.0 Å². The van der Waals surface area contributed by atoms with Crippen molar-refractivity contribution in [3.05, 3.63) is 64.1 Å². The first kappa shape index (κ1) is 12.6. The van der Waals surface area contributed by atoms with Gasteiger partial charge in [-0.15, -0.1) is 11.8 Å². The highest BCUT2D eigenvalue weighted by Gasteiger charge is 2.05. The molecule has 88 valence electrons. The van der Waals surface area contributed by atoms with Gasteiger partial charge in [0, 0.05) is 15.1 Å². The number of hydrogen-bond acceptors (Lipinski definition) is 1. The normalized spacial score (nSPS) is 10.5. The summed E-state index contributed by atoms with van der Waals surface area (Å²) in [5.41, 5.74) is 0.944. The Morgan fingerprint density at radius 2 is 1.82 bits per heavy atom. The third-order valence-electron chi connectivity index (χ3n) is 2.23. The quantitative estimate of drug-likeness (QED) is 0.717. The van der Waals surface area contributed by atoms with Crippen LogP contribution < -0.4 is 0 Å². The average molecular weight is 315 g/mol. The minimum absolute atomic E-state index is 0.226. The van der Waals surface area contributed by atoms with Crippen molar-refractivity contribution >= 4 is 27.7 Å². The maximum atomic E-state index is 13.4. The zero-order valence-corrected chi connectivity index (χ0v) is 11.2. The molecule has 2 aromatic carbocycles. The van der Waals surface area contributed by atoms with Crippen LogP contribution in [0.4, 0.5) is 8.78 Å². The van der Waals surface area contributed by atoms with Crippen molar-refractivity contribution in [1.29, 1.82) is 0 Å². The molecule has 2 rings (SSSR count). The summed E-state index contributed by atoms with van der Waals surface area (Å²) in [6, 6.07) is 11.1. The monoisotopic (exact) mass is 314 g/mol. The fraction of sp³-hybridized carbons (Fsp3) is 0.0769. The van der Waals surface area contributed by atoms with Gasteiger partial charge >= 0.3 is 0 Å². The SMILES string of the molecule is Fc1ccc(CSc2ccccc2F)c(Br)c1. The van der Waals surface area contributed by atoms with E-state index in [4.69, 9.17) is 0 Å². The molecule has 0 heterocycles. The molecule has 4 heteroatoms. The lowest BCUT2D eigenvalue weighted by Gasteiger charge is -2.05. The third kappa shape index (κ3) is 3.30. The van der Waals surface area contributed by atoms with E-state index in [1.54, 1.807) is 24.3 Å². The highest BCUT2D eigenvalue weighted by molar-refractivity contribution is 9.10. The highest BCUT2D eigenvalue weighted by Crippen LogP contribution is 2.28. The van der Waals surface area contributed by atoms with Crippen LogP contribution in [0.5, 0.6) is 0 Å². The Labute approximate surface area is 111 Å². The maximum Gasteiger partial charge on any atom is 0.136 e. The van der Waals surface area contributed by atoms with Crippen LogP contribution in [0.2, 0.25) is 0 Å². The molecule has 0 fully saturated rings. The molecule has 0 aliphatic rings. The smallest absolute Gasteiger partial charge is 0.136 e. The number of hydrogen-bond donors (Lipinski definition) is 0. The van der Waals surface area contributed by atoms with Gasteiger partial charge in [-0.25, -0.2) is 8.78 Å². The molecular weight excluding hydrogens is 306 g/mol. The van der Waals surface area contributed by atoms with Crippen LogP contribution >= 0.6 is 27.7 Å². The van der Waals surface area contributed by atoms with Gasteiger partial charge in [0.25, 0.3) is 0 Å². The fourth-order valence-corrected chi connectivity index (χ4v) is 2.98. The molecule has 0 nitrogen and oxygen atoms in total. The topological polar surface area (TPSA) is 0 Å². The average Bonchev–Trinajstić information content (AvgIpc) is 2.30. The van der Waals surface area contributed by atoms with Crippen LogP contribution in [0.25, 0.3) is 0 Å². The van der Waals surface area contributed by atoms with Crippen molar-refractivity contribution in [2.75, 3.05) is 0 Å². The number of halogens is 3. The number of thioether (sulfide) groups is 1. The second-order valence-corrected chi connectivity index (χ2v) is 5.33. The summed E-state index contributed by atoms with van der Waals surface area (Å²) in [5, 5.41) is 0. The Bertz CT molecular complexity index is 529. The van der Waals surface area contributed by atoms with Crippen molar-refractivity contribution in [2.45, 2.75) is 10.6 Å². The second-order valence-electron chi connectivity index (χ2n) is 3.45. The molecular formula is C13H9BrF2S. The molecule has 0 N–H and O–H groups in total. The molecule has 0 bridgehead atoms. The number of rotatable bonds is 3. The molecule has 0 aliphatic heterocycles. The molecule has 0 atom stereocenters. The molecule has 0 saturated heterocycles. The van der Waals surface area contributed by atoms with Crippen molar-refractivity contribution < 1.29 is 8.78 Å². The van der Waals surface area contributed by atoms with Gasteiger partial charge in [0.2, 0.25) is 0 Å². The van der Waals surface area contributed by atoms with Gasteiger partial charge in [0.1, 0.15) is 11.6 Å². The van der Waals surface area contributed by atoms with Crippen molar-refractivity contribution in [3.8, 4) is 0 Å². The minimum Gasteiger partial charge on any atom is -0.207 e. The summed E-state index contributed by atoms with van der Waals surface area (Å²) in [4.78, 5) is 0.601. The summed E-state index contributed by atoms with van der Waals surface area (Å²) >= 11 is 4.68. The highest BCUT2D eigenvalue weighted by atomic mass is 79.9. The van der Waals surface area contributed by atoms with Crippen molar-refractivity contribution in [3.63, 3.8) is 0 Å². The second kappa shape index (κ2) is 5.65. The molecule has 0 amide bonds. The van der Waals surface area contributed by atoms with E-state index in [-0.39, 0.29) is 11.6 Å². The van der Waals surface area contributed by atoms with Gasteiger partial charge in [-0.1, -0.05) is 34.1 Å². The molecule has 0 saturated carbocycles. The van der Waals surface area contributed by atoms with Crippen LogP contribution in [0.15, 0.2) is 51.8 Å². The summed E-state index contributed by atoms with van der Waals surface area (Å²) in [6.45, 7) is 0. The maximum absolute atomic E-state index is 13.4. The zero-order valence-electron chi connectivity index (χ0n) is 8.79. The van der Waals surface area contributed by atoms with E-state index in [2.05, 4.69) is 15.9 Å². The van der Waals surface area contributed by atoms with Crippen LogP contribution in [0.1, 0.15) is 5.56 Å². The Balaban J connectivity index is 2.10. The Morgan fingerprint density at radius 3 is 2.53 bits per heavy atom. The Morgan fingerprint density at radius 1 is 1.06 bits per heavy atom. The lowest BCUT2D eigenvalue weighted by molar-refractivity contribution is 0.602. The predicted molar refractivity (Wildman–Crippen MR) is 70.1 cm³/mol. The molecule has 0 radical (unpaired) electrons. The summed E-state index contributed by atoms with van der Waals surface area (Å²) in [7, 11) is 0. The summed E-state index contributed by atoms with van der Waals surface area (Å²) in [6.07, 6.45) is 0. The largest absolute Gasteiger partial charge is 0.207 e. The van der Waals surface area contributed by atoms with Gasteiger partial charge < -0.3 is 0 Å².